The van der Waals surface area contributed by atoms with Crippen molar-refractivity contribution in [1.29, 1.82) is 5.26 Å². The zero-order valence-corrected chi connectivity index (χ0v) is 9.69. The molecule has 4 nitrogen and oxygen atoms in total. The minimum atomic E-state index is -0.257. The monoisotopic (exact) mass is 222 g/mol. The van der Waals surface area contributed by atoms with Crippen molar-refractivity contribution >= 4 is 5.91 Å². The molecule has 3 unspecified atom stereocenters. The number of carbonyl (C=O) groups is 1. The van der Waals surface area contributed by atoms with Crippen LogP contribution in [0.2, 0.25) is 0 Å². The molecule has 1 amide bonds. The topological polar surface area (TPSA) is 53.3 Å². The first-order valence-electron chi connectivity index (χ1n) is 6.04. The van der Waals surface area contributed by atoms with Gasteiger partial charge in [-0.1, -0.05) is 0 Å². The van der Waals surface area contributed by atoms with Gasteiger partial charge in [-0.05, 0) is 32.6 Å². The van der Waals surface area contributed by atoms with Crippen molar-refractivity contribution in [2.45, 2.75) is 44.8 Å². The zero-order valence-electron chi connectivity index (χ0n) is 9.69. The Balaban J connectivity index is 1.92. The van der Waals surface area contributed by atoms with Crippen molar-refractivity contribution in [3.63, 3.8) is 0 Å². The van der Waals surface area contributed by atoms with Crippen LogP contribution in [0.3, 0.4) is 0 Å². The molecule has 0 N–H and O–H groups in total. The molecule has 0 aliphatic carbocycles. The SMILES string of the molecule is CC1CCC(C(=O)N2CCCC(C#N)C2)O1. The number of hydrogen-bond acceptors (Lipinski definition) is 3. The van der Waals surface area contributed by atoms with E-state index in [1.165, 1.54) is 0 Å². The Morgan fingerprint density at radius 3 is 2.88 bits per heavy atom. The molecule has 0 radical (unpaired) electrons. The number of nitrogens with zero attached hydrogens (tertiary/aromatic N) is 2. The standard InChI is InChI=1S/C12H18N2O2/c1-9-4-5-11(16-9)12(15)14-6-2-3-10(7-13)8-14/h9-11H,2-6,8H2,1H3. The van der Waals surface area contributed by atoms with Crippen LogP contribution in [0.1, 0.15) is 32.6 Å². The van der Waals surface area contributed by atoms with E-state index < -0.39 is 0 Å². The maximum absolute atomic E-state index is 12.1. The highest BCUT2D eigenvalue weighted by atomic mass is 16.5. The molecule has 0 bridgehead atoms. The average Bonchev–Trinajstić information content (AvgIpc) is 2.75. The van der Waals surface area contributed by atoms with Gasteiger partial charge in [0.05, 0.1) is 18.1 Å². The Hall–Kier alpha value is -1.08. The number of carbonyl (C=O) groups excluding carboxylic acids is 1. The summed E-state index contributed by atoms with van der Waals surface area (Å²) in [7, 11) is 0. The van der Waals surface area contributed by atoms with E-state index >= 15 is 0 Å². The minimum absolute atomic E-state index is 0.0107. The normalized spacial score (nSPS) is 34.8. The summed E-state index contributed by atoms with van der Waals surface area (Å²) in [6, 6.07) is 2.25. The summed E-state index contributed by atoms with van der Waals surface area (Å²) >= 11 is 0. The molecule has 3 atom stereocenters. The molecule has 2 heterocycles. The fourth-order valence-corrected chi connectivity index (χ4v) is 2.47. The lowest BCUT2D eigenvalue weighted by molar-refractivity contribution is -0.144. The molecule has 2 aliphatic rings. The molecule has 2 fully saturated rings. The van der Waals surface area contributed by atoms with Crippen LogP contribution >= 0.6 is 0 Å². The third kappa shape index (κ3) is 2.35. The van der Waals surface area contributed by atoms with Gasteiger partial charge in [0, 0.05) is 13.1 Å². The van der Waals surface area contributed by atoms with Crippen molar-refractivity contribution in [2.24, 2.45) is 5.92 Å². The molecule has 0 aromatic heterocycles. The van der Waals surface area contributed by atoms with Gasteiger partial charge in [-0.3, -0.25) is 4.79 Å². The summed E-state index contributed by atoms with van der Waals surface area (Å²) in [6.07, 6.45) is 3.59. The summed E-state index contributed by atoms with van der Waals surface area (Å²) in [4.78, 5) is 13.9. The zero-order chi connectivity index (χ0) is 11.5. The number of rotatable bonds is 1. The second-order valence-electron chi connectivity index (χ2n) is 4.77. The van der Waals surface area contributed by atoms with Crippen LogP contribution in [-0.2, 0) is 9.53 Å². The molecule has 4 heteroatoms. The largest absolute Gasteiger partial charge is 0.365 e. The fourth-order valence-electron chi connectivity index (χ4n) is 2.47. The fraction of sp³-hybridized carbons (Fsp3) is 0.833. The van der Waals surface area contributed by atoms with Gasteiger partial charge in [-0.25, -0.2) is 0 Å². The number of amides is 1. The lowest BCUT2D eigenvalue weighted by Gasteiger charge is -2.31. The van der Waals surface area contributed by atoms with Crippen LogP contribution in [0, 0.1) is 17.2 Å². The van der Waals surface area contributed by atoms with Gasteiger partial charge >= 0.3 is 0 Å². The highest BCUT2D eigenvalue weighted by Crippen LogP contribution is 2.23. The molecule has 16 heavy (non-hydrogen) atoms. The van der Waals surface area contributed by atoms with E-state index in [-0.39, 0.29) is 24.0 Å². The molecule has 0 aromatic rings. The Labute approximate surface area is 96.2 Å². The first-order chi connectivity index (χ1) is 7.70. The number of piperidine rings is 1. The molecular formula is C12H18N2O2. The van der Waals surface area contributed by atoms with Crippen LogP contribution in [-0.4, -0.2) is 36.1 Å². The third-order valence-corrected chi connectivity index (χ3v) is 3.42. The van der Waals surface area contributed by atoms with Crippen molar-refractivity contribution in [2.75, 3.05) is 13.1 Å². The Kier molecular flexibility index (Phi) is 3.45. The van der Waals surface area contributed by atoms with Crippen LogP contribution in [0.25, 0.3) is 0 Å². The van der Waals surface area contributed by atoms with Crippen molar-refractivity contribution in [1.82, 2.24) is 4.90 Å². The first kappa shape index (κ1) is 11.4. The minimum Gasteiger partial charge on any atom is -0.365 e. The maximum atomic E-state index is 12.1. The predicted octanol–water partition coefficient (Wildman–Crippen LogP) is 1.32. The van der Waals surface area contributed by atoms with Gasteiger partial charge in [0.15, 0.2) is 0 Å². The first-order valence-corrected chi connectivity index (χ1v) is 6.04. The van der Waals surface area contributed by atoms with Gasteiger partial charge in [-0.15, -0.1) is 0 Å². The average molecular weight is 222 g/mol. The summed E-state index contributed by atoms with van der Waals surface area (Å²) in [6.45, 7) is 3.37. The second kappa shape index (κ2) is 4.84. The Morgan fingerprint density at radius 1 is 1.44 bits per heavy atom. The third-order valence-electron chi connectivity index (χ3n) is 3.42. The predicted molar refractivity (Wildman–Crippen MR) is 58.5 cm³/mol. The number of likely N-dealkylation sites (tertiary alicyclic amines) is 1. The molecule has 0 aromatic carbocycles. The van der Waals surface area contributed by atoms with E-state index in [9.17, 15) is 4.79 Å². The van der Waals surface area contributed by atoms with Crippen molar-refractivity contribution in [3.8, 4) is 6.07 Å². The Morgan fingerprint density at radius 2 is 2.25 bits per heavy atom. The summed E-state index contributed by atoms with van der Waals surface area (Å²) in [5.74, 6) is 0.0980. The quantitative estimate of drug-likeness (QED) is 0.672. The summed E-state index contributed by atoms with van der Waals surface area (Å²) < 4.78 is 5.57. The van der Waals surface area contributed by atoms with Crippen LogP contribution in [0.15, 0.2) is 0 Å². The smallest absolute Gasteiger partial charge is 0.251 e. The molecular weight excluding hydrogens is 204 g/mol. The van der Waals surface area contributed by atoms with E-state index in [1.54, 1.807) is 4.90 Å². The second-order valence-corrected chi connectivity index (χ2v) is 4.77. The highest BCUT2D eigenvalue weighted by Gasteiger charge is 2.33. The number of hydrogen-bond donors (Lipinski definition) is 0. The number of ether oxygens (including phenoxy) is 1. The van der Waals surface area contributed by atoms with Gasteiger partial charge in [-0.2, -0.15) is 5.26 Å². The van der Waals surface area contributed by atoms with Gasteiger partial charge in [0.1, 0.15) is 6.10 Å². The lowest BCUT2D eigenvalue weighted by atomic mass is 9.99. The van der Waals surface area contributed by atoms with E-state index in [0.29, 0.717) is 6.54 Å². The number of nitriles is 1. The van der Waals surface area contributed by atoms with Crippen LogP contribution in [0.4, 0.5) is 0 Å². The molecule has 0 saturated carbocycles. The molecule has 88 valence electrons. The van der Waals surface area contributed by atoms with Crippen LogP contribution < -0.4 is 0 Å². The van der Waals surface area contributed by atoms with Gasteiger partial charge in [0.25, 0.3) is 5.91 Å². The van der Waals surface area contributed by atoms with E-state index in [1.807, 2.05) is 6.92 Å². The van der Waals surface area contributed by atoms with Gasteiger partial charge < -0.3 is 9.64 Å². The van der Waals surface area contributed by atoms with Gasteiger partial charge in [0.2, 0.25) is 0 Å². The maximum Gasteiger partial charge on any atom is 0.251 e. The van der Waals surface area contributed by atoms with Crippen molar-refractivity contribution < 1.29 is 9.53 Å². The molecule has 2 aliphatic heterocycles. The van der Waals surface area contributed by atoms with E-state index in [2.05, 4.69) is 6.07 Å². The molecule has 2 rings (SSSR count). The van der Waals surface area contributed by atoms with Crippen LogP contribution in [0.5, 0.6) is 0 Å². The Bertz CT molecular complexity index is 311. The lowest BCUT2D eigenvalue weighted by Crippen LogP contribution is -2.44. The molecule has 0 spiro atoms. The highest BCUT2D eigenvalue weighted by molar-refractivity contribution is 5.81. The summed E-state index contributed by atoms with van der Waals surface area (Å²) in [5, 5.41) is 8.88. The van der Waals surface area contributed by atoms with E-state index in [4.69, 9.17) is 10.00 Å². The van der Waals surface area contributed by atoms with Crippen molar-refractivity contribution in [3.05, 3.63) is 0 Å². The van der Waals surface area contributed by atoms with E-state index in [0.717, 1.165) is 32.2 Å². The molecule has 2 saturated heterocycles. The summed E-state index contributed by atoms with van der Waals surface area (Å²) in [5.41, 5.74) is 0.